The molecule has 0 unspecified atom stereocenters. The number of hydrogen-bond acceptors (Lipinski definition) is 0. The fourth-order valence-electron chi connectivity index (χ4n) is 0.838. The van der Waals surface area contributed by atoms with Crippen LogP contribution in [0, 0.1) is 13.8 Å². The molecular weight excluding hydrogens is 245 g/mol. The third kappa shape index (κ3) is 10.4. The molecule has 0 aromatic heterocycles. The van der Waals surface area contributed by atoms with Gasteiger partial charge in [-0.1, -0.05) is 44.2 Å². The van der Waals surface area contributed by atoms with E-state index in [1.807, 2.05) is 26.3 Å². The minimum atomic E-state index is 0. The summed E-state index contributed by atoms with van der Waals surface area (Å²) in [6.07, 6.45) is 2.00. The van der Waals surface area contributed by atoms with Crippen molar-refractivity contribution in [1.82, 2.24) is 0 Å². The predicted molar refractivity (Wildman–Crippen MR) is 62.6 cm³/mol. The van der Waals surface area contributed by atoms with Crippen LogP contribution in [0.2, 0.25) is 0 Å². The molecule has 0 aliphatic rings. The Balaban J connectivity index is -0.000000218. The van der Waals surface area contributed by atoms with Crippen LogP contribution in [0.3, 0.4) is 0 Å². The Morgan fingerprint density at radius 3 is 1.57 bits per heavy atom. The van der Waals surface area contributed by atoms with Crippen molar-refractivity contribution in [3.8, 4) is 0 Å². The van der Waals surface area contributed by atoms with E-state index in [2.05, 4.69) is 38.1 Å². The monoisotopic (exact) mass is 267 g/mol. The average Bonchev–Trinajstić information content (AvgIpc) is 2.07. The number of rotatable bonds is 1. The molecule has 1 aromatic carbocycles. The van der Waals surface area contributed by atoms with Crippen LogP contribution in [-0.4, -0.2) is 0 Å². The Kier molecular flexibility index (Phi) is 18.9. The minimum Gasteiger partial charge on any atom is -0.358 e. The third-order valence-electron chi connectivity index (χ3n) is 1.47. The van der Waals surface area contributed by atoms with Gasteiger partial charge in [-0.2, -0.15) is 13.8 Å². The van der Waals surface area contributed by atoms with E-state index in [1.165, 1.54) is 5.56 Å². The molecule has 1 radical (unpaired) electrons. The van der Waals surface area contributed by atoms with Gasteiger partial charge in [0.2, 0.25) is 0 Å². The van der Waals surface area contributed by atoms with Gasteiger partial charge in [0, 0.05) is 32.7 Å². The molecule has 0 saturated carbocycles. The molecule has 0 heterocycles. The van der Waals surface area contributed by atoms with E-state index in [4.69, 9.17) is 0 Å². The van der Waals surface area contributed by atoms with Gasteiger partial charge < -0.3 is 13.8 Å². The Labute approximate surface area is 115 Å². The normalized spacial score (nSPS) is 7.79. The van der Waals surface area contributed by atoms with Crippen molar-refractivity contribution in [1.29, 1.82) is 0 Å². The van der Waals surface area contributed by atoms with Crippen molar-refractivity contribution in [3.63, 3.8) is 0 Å². The van der Waals surface area contributed by atoms with Crippen LogP contribution in [0.15, 0.2) is 30.3 Å². The molecule has 0 fully saturated rings. The van der Waals surface area contributed by atoms with Crippen LogP contribution in [0.4, 0.5) is 0 Å². The molecule has 1 aromatic rings. The SMILES string of the molecule is CC(C)c1ccccc1.C[CH-]C.[CH3-].[Y]. The van der Waals surface area contributed by atoms with Gasteiger partial charge in [0.25, 0.3) is 0 Å². The van der Waals surface area contributed by atoms with E-state index in [-0.39, 0.29) is 40.1 Å². The Bertz CT molecular complexity index is 180. The fourth-order valence-corrected chi connectivity index (χ4v) is 0.838. The Morgan fingerprint density at radius 1 is 1.00 bits per heavy atom. The summed E-state index contributed by atoms with van der Waals surface area (Å²) in [4.78, 5) is 0. The van der Waals surface area contributed by atoms with Crippen molar-refractivity contribution in [3.05, 3.63) is 49.7 Å². The maximum atomic E-state index is 2.20. The van der Waals surface area contributed by atoms with Crippen molar-refractivity contribution < 1.29 is 32.7 Å². The molecule has 0 saturated heterocycles. The second kappa shape index (κ2) is 13.3. The van der Waals surface area contributed by atoms with Crippen molar-refractivity contribution in [2.45, 2.75) is 33.6 Å². The first-order chi connectivity index (χ1) is 5.72. The summed E-state index contributed by atoms with van der Waals surface area (Å²) in [5.41, 5.74) is 1.41. The van der Waals surface area contributed by atoms with Gasteiger partial charge in [0.1, 0.15) is 0 Å². The van der Waals surface area contributed by atoms with Crippen LogP contribution >= 0.6 is 0 Å². The van der Waals surface area contributed by atoms with Gasteiger partial charge in [-0.05, 0) is 11.5 Å². The fraction of sp³-hybridized carbons (Fsp3) is 0.385. The third-order valence-corrected chi connectivity index (χ3v) is 1.47. The molecule has 0 N–H and O–H groups in total. The van der Waals surface area contributed by atoms with Gasteiger partial charge in [-0.25, -0.2) is 0 Å². The molecule has 0 aliphatic carbocycles. The van der Waals surface area contributed by atoms with Gasteiger partial charge in [0.15, 0.2) is 0 Å². The summed E-state index contributed by atoms with van der Waals surface area (Å²) in [5, 5.41) is 0. The van der Waals surface area contributed by atoms with E-state index in [9.17, 15) is 0 Å². The van der Waals surface area contributed by atoms with E-state index >= 15 is 0 Å². The summed E-state index contributed by atoms with van der Waals surface area (Å²) >= 11 is 0. The van der Waals surface area contributed by atoms with Crippen molar-refractivity contribution in [2.24, 2.45) is 0 Å². The van der Waals surface area contributed by atoms with Crippen molar-refractivity contribution in [2.75, 3.05) is 0 Å². The average molecular weight is 267 g/mol. The van der Waals surface area contributed by atoms with Crippen LogP contribution in [0.5, 0.6) is 0 Å². The standard InChI is InChI=1S/C9H12.C3H7.CH3.Y/c1-8(2)9-6-4-3-5-7-9;1-3-2;;/h3-8H,1-2H3;3H,1-2H3;1H3;/q;2*-1;. The van der Waals surface area contributed by atoms with Crippen LogP contribution in [-0.2, 0) is 32.7 Å². The maximum absolute atomic E-state index is 2.20. The second-order valence-electron chi connectivity index (χ2n) is 3.14. The summed E-state index contributed by atoms with van der Waals surface area (Å²) in [6.45, 7) is 8.41. The zero-order chi connectivity index (χ0) is 9.40. The summed E-state index contributed by atoms with van der Waals surface area (Å²) in [6, 6.07) is 10.5. The van der Waals surface area contributed by atoms with Gasteiger partial charge >= 0.3 is 0 Å². The zero-order valence-electron chi connectivity index (χ0n) is 10.1. The Morgan fingerprint density at radius 2 is 1.36 bits per heavy atom. The van der Waals surface area contributed by atoms with Gasteiger partial charge in [0.05, 0.1) is 0 Å². The molecule has 0 aliphatic heterocycles. The zero-order valence-corrected chi connectivity index (χ0v) is 13.0. The van der Waals surface area contributed by atoms with Crippen LogP contribution in [0.1, 0.15) is 39.2 Å². The predicted octanol–water partition coefficient (Wildman–Crippen LogP) is 4.49. The van der Waals surface area contributed by atoms with Gasteiger partial charge in [-0.3, -0.25) is 0 Å². The first kappa shape index (κ1) is 19.8. The first-order valence-corrected chi connectivity index (χ1v) is 4.51. The molecule has 14 heavy (non-hydrogen) atoms. The molecule has 1 heteroatoms. The van der Waals surface area contributed by atoms with E-state index < -0.39 is 0 Å². The van der Waals surface area contributed by atoms with E-state index in [0.717, 1.165) is 0 Å². The van der Waals surface area contributed by atoms with E-state index in [1.54, 1.807) is 0 Å². The molecule has 0 spiro atoms. The topological polar surface area (TPSA) is 0 Å². The molecule has 0 bridgehead atoms. The smallest absolute Gasteiger partial charge is 0 e. The maximum Gasteiger partial charge on any atom is 0 e. The van der Waals surface area contributed by atoms with Crippen LogP contribution < -0.4 is 0 Å². The summed E-state index contributed by atoms with van der Waals surface area (Å²) in [7, 11) is 0. The molecule has 0 atom stereocenters. The van der Waals surface area contributed by atoms with Crippen molar-refractivity contribution >= 4 is 0 Å². The van der Waals surface area contributed by atoms with Crippen LogP contribution in [0.25, 0.3) is 0 Å². The second-order valence-corrected chi connectivity index (χ2v) is 3.14. The minimum absolute atomic E-state index is 0. The van der Waals surface area contributed by atoms with E-state index in [0.29, 0.717) is 5.92 Å². The Hall–Kier alpha value is 0.324. The molecule has 79 valence electrons. The number of benzene rings is 1. The first-order valence-electron chi connectivity index (χ1n) is 4.51. The molecule has 0 nitrogen and oxygen atoms in total. The summed E-state index contributed by atoms with van der Waals surface area (Å²) in [5.74, 6) is 0.659. The number of hydrogen-bond donors (Lipinski definition) is 0. The molecule has 1 rings (SSSR count). The largest absolute Gasteiger partial charge is 0.358 e. The molecular formula is C13H22Y-2. The molecule has 0 amide bonds. The quantitative estimate of drug-likeness (QED) is 0.658. The van der Waals surface area contributed by atoms with Gasteiger partial charge in [-0.15, -0.1) is 0 Å². The summed E-state index contributed by atoms with van der Waals surface area (Å²) < 4.78 is 0.